The summed E-state index contributed by atoms with van der Waals surface area (Å²) < 4.78 is 0. The minimum atomic E-state index is 0. The third kappa shape index (κ3) is 12.5. The van der Waals surface area contributed by atoms with Crippen molar-refractivity contribution in [1.29, 1.82) is 0 Å². The Morgan fingerprint density at radius 2 is 0.889 bits per heavy atom. The topological polar surface area (TPSA) is 0 Å². The number of rotatable bonds is 0. The molecule has 2 heteroatoms. The molecule has 4 rings (SSSR count). The Morgan fingerprint density at radius 1 is 0.593 bits per heavy atom. The van der Waals surface area contributed by atoms with Crippen LogP contribution in [0.5, 0.6) is 0 Å². The van der Waals surface area contributed by atoms with Crippen LogP contribution in [-0.2, 0) is 52.4 Å². The second-order valence-corrected chi connectivity index (χ2v) is 4.89. The van der Waals surface area contributed by atoms with Crippen molar-refractivity contribution >= 4 is 21.5 Å². The van der Waals surface area contributed by atoms with Gasteiger partial charge in [-0.3, -0.25) is 0 Å². The van der Waals surface area contributed by atoms with E-state index in [0.29, 0.717) is 0 Å². The number of benzene rings is 2. The van der Waals surface area contributed by atoms with Crippen LogP contribution in [0.3, 0.4) is 0 Å². The van der Waals surface area contributed by atoms with Crippen molar-refractivity contribution in [2.75, 3.05) is 0 Å². The maximum Gasteiger partial charge on any atom is 4.00 e. The van der Waals surface area contributed by atoms with E-state index in [1.807, 2.05) is 20.3 Å². The number of hydrogen-bond donors (Lipinski definition) is 0. The fourth-order valence-corrected chi connectivity index (χ4v) is 2.14. The van der Waals surface area contributed by atoms with Gasteiger partial charge in [-0.1, -0.05) is 12.1 Å². The van der Waals surface area contributed by atoms with Crippen LogP contribution in [0.25, 0.3) is 21.5 Å². The average molecular weight is 516 g/mol. The van der Waals surface area contributed by atoms with Gasteiger partial charge in [-0.05, 0) is 0 Å². The molecule has 27 heavy (non-hydrogen) atoms. The van der Waals surface area contributed by atoms with Crippen molar-refractivity contribution in [3.05, 3.63) is 121 Å². The second kappa shape index (κ2) is 21.7. The van der Waals surface area contributed by atoms with Crippen molar-refractivity contribution in [3.63, 3.8) is 0 Å². The molecule has 0 aliphatic rings. The van der Waals surface area contributed by atoms with E-state index in [1.165, 1.54) is 21.5 Å². The summed E-state index contributed by atoms with van der Waals surface area (Å²) in [4.78, 5) is 0. The van der Waals surface area contributed by atoms with Gasteiger partial charge in [-0.25, -0.2) is 0 Å². The van der Waals surface area contributed by atoms with Crippen LogP contribution in [0, 0.1) is 36.1 Å². The van der Waals surface area contributed by atoms with Crippen molar-refractivity contribution in [3.8, 4) is 0 Å². The van der Waals surface area contributed by atoms with E-state index in [0.717, 1.165) is 0 Å². The molecular formula is C25H33Zr2. The Morgan fingerprint density at radius 3 is 1.19 bits per heavy atom. The van der Waals surface area contributed by atoms with Crippen molar-refractivity contribution in [1.82, 2.24) is 0 Å². The normalized spacial score (nSPS) is 7.48. The number of hydrogen-bond acceptors (Lipinski definition) is 0. The predicted molar refractivity (Wildman–Crippen MR) is 120 cm³/mol. The summed E-state index contributed by atoms with van der Waals surface area (Å²) in [6.07, 6.45) is 2.00. The summed E-state index contributed by atoms with van der Waals surface area (Å²) in [5.41, 5.74) is 0. The maximum absolute atomic E-state index is 2.12. The summed E-state index contributed by atoms with van der Waals surface area (Å²) in [7, 11) is 0. The second-order valence-electron chi connectivity index (χ2n) is 4.89. The predicted octanol–water partition coefficient (Wildman–Crippen LogP) is 8.14. The summed E-state index contributed by atoms with van der Waals surface area (Å²) >= 11 is 0. The SMILES string of the molecule is C[CH-]C.[CH3-].[CH3-].[CH3-].[CH3-].[Zr+3].[Zr+4].c1ccc2[cH-]ccc2c1.c1ccc2[cH-]ccc2c1. The van der Waals surface area contributed by atoms with E-state index in [1.54, 1.807) is 0 Å². The molecule has 0 saturated carbocycles. The first kappa shape index (κ1) is 37.2. The third-order valence-electron chi connectivity index (χ3n) is 3.10. The van der Waals surface area contributed by atoms with Gasteiger partial charge in [0.2, 0.25) is 0 Å². The van der Waals surface area contributed by atoms with Crippen LogP contribution in [0.15, 0.2) is 84.9 Å². The Labute approximate surface area is 207 Å². The zero-order chi connectivity index (χ0) is 14.9. The number of fused-ring (bicyclic) bond motifs is 2. The minimum Gasteiger partial charge on any atom is -0.358 e. The smallest absolute Gasteiger partial charge is 0.358 e. The molecule has 0 aliphatic carbocycles. The third-order valence-corrected chi connectivity index (χ3v) is 3.10. The Balaban J connectivity index is -0.0000000876. The van der Waals surface area contributed by atoms with E-state index >= 15 is 0 Å². The van der Waals surface area contributed by atoms with E-state index in [4.69, 9.17) is 0 Å². The molecule has 1 radical (unpaired) electrons. The summed E-state index contributed by atoms with van der Waals surface area (Å²) in [6.45, 7) is 4.00. The van der Waals surface area contributed by atoms with E-state index in [-0.39, 0.29) is 82.1 Å². The van der Waals surface area contributed by atoms with Gasteiger partial charge >= 0.3 is 52.4 Å². The summed E-state index contributed by atoms with van der Waals surface area (Å²) in [5.74, 6) is 0. The van der Waals surface area contributed by atoms with E-state index in [2.05, 4.69) is 84.9 Å². The molecule has 0 heterocycles. The van der Waals surface area contributed by atoms with Crippen molar-refractivity contribution in [2.45, 2.75) is 13.8 Å². The van der Waals surface area contributed by atoms with Gasteiger partial charge in [0.1, 0.15) is 0 Å². The molecule has 0 atom stereocenters. The molecule has 0 saturated heterocycles. The first-order chi connectivity index (χ1) is 10.3. The van der Waals surface area contributed by atoms with Crippen LogP contribution < -0.4 is 0 Å². The fraction of sp³-hybridized carbons (Fsp3) is 0.0800. The molecule has 0 nitrogen and oxygen atoms in total. The average Bonchev–Trinajstić information content (AvgIpc) is 3.17. The maximum atomic E-state index is 2.12. The van der Waals surface area contributed by atoms with Gasteiger partial charge in [-0.15, -0.1) is 59.3 Å². The fourth-order valence-electron chi connectivity index (χ4n) is 2.14. The van der Waals surface area contributed by atoms with E-state index < -0.39 is 0 Å². The molecule has 0 fully saturated rings. The van der Waals surface area contributed by atoms with Gasteiger partial charge in [0.25, 0.3) is 0 Å². The van der Waals surface area contributed by atoms with Crippen LogP contribution in [0.2, 0.25) is 0 Å². The van der Waals surface area contributed by atoms with Gasteiger partial charge < -0.3 is 36.1 Å². The Hall–Kier alpha value is -0.574. The van der Waals surface area contributed by atoms with E-state index in [9.17, 15) is 0 Å². The molecule has 0 unspecified atom stereocenters. The van der Waals surface area contributed by atoms with Gasteiger partial charge in [0.05, 0.1) is 0 Å². The molecule has 141 valence electrons. The molecule has 0 bridgehead atoms. The first-order valence-corrected chi connectivity index (χ1v) is 7.30. The van der Waals surface area contributed by atoms with Gasteiger partial charge in [0.15, 0.2) is 0 Å². The molecule has 4 aromatic rings. The molecular weight excluding hydrogens is 483 g/mol. The molecule has 0 spiro atoms. The quantitative estimate of drug-likeness (QED) is 0.207. The van der Waals surface area contributed by atoms with Crippen LogP contribution in [-0.4, -0.2) is 0 Å². The largest absolute Gasteiger partial charge is 4.00 e. The Kier molecular flexibility index (Phi) is 29.9. The van der Waals surface area contributed by atoms with Gasteiger partial charge in [-0.2, -0.15) is 48.9 Å². The van der Waals surface area contributed by atoms with Crippen LogP contribution >= 0.6 is 0 Å². The zero-order valence-corrected chi connectivity index (χ0v) is 22.6. The molecule has 4 aromatic carbocycles. The van der Waals surface area contributed by atoms with Crippen molar-refractivity contribution in [2.24, 2.45) is 0 Å². The Bertz CT molecular complexity index is 639. The summed E-state index contributed by atoms with van der Waals surface area (Å²) in [6, 6.07) is 29.3. The zero-order valence-electron chi connectivity index (χ0n) is 17.7. The molecule has 0 N–H and O–H groups in total. The summed E-state index contributed by atoms with van der Waals surface area (Å²) in [5, 5.41) is 5.32. The molecule has 0 aliphatic heterocycles. The molecule has 0 aromatic heterocycles. The molecule has 0 amide bonds. The van der Waals surface area contributed by atoms with Gasteiger partial charge in [0, 0.05) is 0 Å². The van der Waals surface area contributed by atoms with Crippen molar-refractivity contribution < 1.29 is 52.4 Å². The monoisotopic (exact) mass is 513 g/mol. The standard InChI is InChI=1S/2C9H7.C3H7.4CH3.2Zr/c2*1-2-5-9-7-3-6-8(9)4-1;1-3-2;;;;;;/h2*1-7H;3H,1-2H3;4*1H3;;/q7*-1;+3;+4. The van der Waals surface area contributed by atoms with Crippen LogP contribution in [0.1, 0.15) is 13.8 Å². The van der Waals surface area contributed by atoms with Crippen LogP contribution in [0.4, 0.5) is 0 Å². The minimum absolute atomic E-state index is 0. The first-order valence-electron chi connectivity index (χ1n) is 7.30.